The lowest BCUT2D eigenvalue weighted by atomic mass is 9.97. The monoisotopic (exact) mass is 310 g/mol. The largest absolute Gasteiger partial charge is 0.396 e. The maximum Gasteiger partial charge on any atom is 0.240 e. The molecule has 0 radical (unpaired) electrons. The van der Waals surface area contributed by atoms with Gasteiger partial charge in [0.1, 0.15) is 4.90 Å². The summed E-state index contributed by atoms with van der Waals surface area (Å²) in [6, 6.07) is 5.91. The highest BCUT2D eigenvalue weighted by Crippen LogP contribution is 2.31. The van der Waals surface area contributed by atoms with Gasteiger partial charge in [0.2, 0.25) is 10.0 Å². The van der Waals surface area contributed by atoms with Crippen LogP contribution in [-0.2, 0) is 10.0 Å². The predicted molar refractivity (Wildman–Crippen MR) is 83.5 cm³/mol. The Morgan fingerprint density at radius 2 is 2.05 bits per heavy atom. The number of hydrogen-bond acceptors (Lipinski definition) is 5. The van der Waals surface area contributed by atoms with E-state index in [0.717, 1.165) is 19.4 Å². The zero-order chi connectivity index (χ0) is 15.0. The Morgan fingerprint density at radius 3 is 2.81 bits per heavy atom. The van der Waals surface area contributed by atoms with E-state index < -0.39 is 10.0 Å². The number of fused-ring (bicyclic) bond motifs is 1. The van der Waals surface area contributed by atoms with Gasteiger partial charge in [-0.3, -0.25) is 0 Å². The van der Waals surface area contributed by atoms with Gasteiger partial charge in [0.15, 0.2) is 0 Å². The minimum Gasteiger partial charge on any atom is -0.396 e. The average molecular weight is 310 g/mol. The number of nitrogens with zero attached hydrogens (tertiary/aromatic N) is 1. The average Bonchev–Trinajstić information content (AvgIpc) is 2.87. The molecule has 1 aromatic rings. The van der Waals surface area contributed by atoms with E-state index in [1.165, 1.54) is 25.5 Å². The fourth-order valence-electron chi connectivity index (χ4n) is 3.49. The molecule has 3 rings (SSSR count). The Hall–Kier alpha value is -1.31. The number of anilines is 2. The molecule has 2 unspecified atom stereocenters. The van der Waals surface area contributed by atoms with Crippen molar-refractivity contribution in [1.82, 2.24) is 4.90 Å². The molecule has 21 heavy (non-hydrogen) atoms. The number of benzene rings is 1. The summed E-state index contributed by atoms with van der Waals surface area (Å²) in [6.07, 6.45) is 4.67. The van der Waals surface area contributed by atoms with Crippen LogP contribution < -0.4 is 16.2 Å². The highest BCUT2D eigenvalue weighted by Gasteiger charge is 2.31. The number of nitrogens with one attached hydrogen (secondary N) is 1. The number of rotatable bonds is 3. The van der Waals surface area contributed by atoms with Crippen LogP contribution in [0.1, 0.15) is 25.7 Å². The molecular formula is C14H22N4O2S. The Kier molecular flexibility index (Phi) is 3.81. The second-order valence-electron chi connectivity index (χ2n) is 5.96. The summed E-state index contributed by atoms with van der Waals surface area (Å²) in [4.78, 5) is 2.54. The third-order valence-corrected chi connectivity index (χ3v) is 5.52. The van der Waals surface area contributed by atoms with E-state index in [0.29, 0.717) is 17.8 Å². The molecule has 5 N–H and O–H groups in total. The second kappa shape index (κ2) is 5.47. The lowest BCUT2D eigenvalue weighted by Gasteiger charge is -2.35. The zero-order valence-corrected chi connectivity index (χ0v) is 12.8. The van der Waals surface area contributed by atoms with Gasteiger partial charge in [-0.25, -0.2) is 13.6 Å². The number of hydrogen-bond donors (Lipinski definition) is 3. The molecule has 2 aliphatic rings. The van der Waals surface area contributed by atoms with E-state index in [4.69, 9.17) is 10.9 Å². The molecular weight excluding hydrogens is 288 g/mol. The number of para-hydroxylation sites is 1. The molecule has 2 saturated heterocycles. The summed E-state index contributed by atoms with van der Waals surface area (Å²) >= 11 is 0. The highest BCUT2D eigenvalue weighted by atomic mass is 32.2. The van der Waals surface area contributed by atoms with Crippen LogP contribution in [0.4, 0.5) is 11.4 Å². The number of sulfonamides is 1. The van der Waals surface area contributed by atoms with Gasteiger partial charge in [-0.2, -0.15) is 0 Å². The van der Waals surface area contributed by atoms with Crippen molar-refractivity contribution in [1.29, 1.82) is 0 Å². The molecule has 2 heterocycles. The SMILES string of the molecule is Nc1c(NC2CCN3CCCC3C2)cccc1S(N)(=O)=O. The molecule has 0 bridgehead atoms. The molecule has 1 aromatic carbocycles. The van der Waals surface area contributed by atoms with Gasteiger partial charge in [-0.15, -0.1) is 0 Å². The van der Waals surface area contributed by atoms with Crippen molar-refractivity contribution in [2.75, 3.05) is 24.1 Å². The minimum absolute atomic E-state index is 0.00852. The number of nitrogen functional groups attached to an aromatic ring is 1. The summed E-state index contributed by atoms with van der Waals surface area (Å²) in [5.41, 5.74) is 6.84. The molecule has 6 nitrogen and oxygen atoms in total. The molecule has 0 aromatic heterocycles. The van der Waals surface area contributed by atoms with E-state index in [2.05, 4.69) is 10.2 Å². The number of nitrogens with two attached hydrogens (primary N) is 2. The topological polar surface area (TPSA) is 101 Å². The van der Waals surface area contributed by atoms with E-state index in [1.54, 1.807) is 6.07 Å². The van der Waals surface area contributed by atoms with E-state index in [1.807, 2.05) is 6.07 Å². The van der Waals surface area contributed by atoms with Crippen LogP contribution in [0.5, 0.6) is 0 Å². The first-order chi connectivity index (χ1) is 9.95. The second-order valence-corrected chi connectivity index (χ2v) is 7.49. The molecule has 0 spiro atoms. The Balaban J connectivity index is 1.76. The summed E-state index contributed by atoms with van der Waals surface area (Å²) in [5, 5.41) is 8.59. The summed E-state index contributed by atoms with van der Waals surface area (Å²) < 4.78 is 23.0. The van der Waals surface area contributed by atoms with Crippen LogP contribution in [0.3, 0.4) is 0 Å². The van der Waals surface area contributed by atoms with E-state index in [9.17, 15) is 8.42 Å². The normalized spacial score (nSPS) is 26.5. The van der Waals surface area contributed by atoms with Gasteiger partial charge in [0.25, 0.3) is 0 Å². The first-order valence-electron chi connectivity index (χ1n) is 7.37. The van der Waals surface area contributed by atoms with Crippen molar-refractivity contribution in [3.05, 3.63) is 18.2 Å². The smallest absolute Gasteiger partial charge is 0.240 e. The quantitative estimate of drug-likeness (QED) is 0.722. The van der Waals surface area contributed by atoms with Crippen LogP contribution in [0.15, 0.2) is 23.1 Å². The standard InChI is InChI=1S/C14H22N4O2S/c15-14-12(4-1-5-13(14)21(16,19)20)17-10-6-8-18-7-2-3-11(18)9-10/h1,4-5,10-11,17H,2-3,6-9,15H2,(H2,16,19,20). The van der Waals surface area contributed by atoms with Gasteiger partial charge in [0.05, 0.1) is 11.4 Å². The van der Waals surface area contributed by atoms with Gasteiger partial charge >= 0.3 is 0 Å². The lowest BCUT2D eigenvalue weighted by Crippen LogP contribution is -2.42. The Morgan fingerprint density at radius 1 is 1.24 bits per heavy atom. The first kappa shape index (κ1) is 14.6. The summed E-state index contributed by atoms with van der Waals surface area (Å²) in [5.74, 6) is 0. The molecule has 2 fully saturated rings. The molecule has 2 atom stereocenters. The third kappa shape index (κ3) is 3.00. The summed E-state index contributed by atoms with van der Waals surface area (Å²) in [7, 11) is -3.78. The van der Waals surface area contributed by atoms with Crippen molar-refractivity contribution in [2.24, 2.45) is 5.14 Å². The van der Waals surface area contributed by atoms with Crippen molar-refractivity contribution >= 4 is 21.4 Å². The molecule has 0 aliphatic carbocycles. The van der Waals surface area contributed by atoms with Gasteiger partial charge in [-0.1, -0.05) is 6.07 Å². The van der Waals surface area contributed by atoms with E-state index in [-0.39, 0.29) is 10.6 Å². The van der Waals surface area contributed by atoms with Crippen molar-refractivity contribution in [3.63, 3.8) is 0 Å². The van der Waals surface area contributed by atoms with Crippen LogP contribution in [0.25, 0.3) is 0 Å². The maximum atomic E-state index is 11.5. The van der Waals surface area contributed by atoms with Crippen LogP contribution in [0, 0.1) is 0 Å². The maximum absolute atomic E-state index is 11.5. The predicted octanol–water partition coefficient (Wildman–Crippen LogP) is 0.955. The zero-order valence-electron chi connectivity index (χ0n) is 12.0. The van der Waals surface area contributed by atoms with Crippen molar-refractivity contribution in [2.45, 2.75) is 42.7 Å². The fraction of sp³-hybridized carbons (Fsp3) is 0.571. The van der Waals surface area contributed by atoms with Gasteiger partial charge in [-0.05, 0) is 44.4 Å². The Bertz CT molecular complexity index is 632. The minimum atomic E-state index is -3.78. The van der Waals surface area contributed by atoms with Crippen molar-refractivity contribution in [3.8, 4) is 0 Å². The highest BCUT2D eigenvalue weighted by molar-refractivity contribution is 7.89. The molecule has 2 aliphatic heterocycles. The Labute approximate surface area is 125 Å². The van der Waals surface area contributed by atoms with Crippen LogP contribution >= 0.6 is 0 Å². The molecule has 0 amide bonds. The fourth-order valence-corrected chi connectivity index (χ4v) is 4.18. The van der Waals surface area contributed by atoms with Crippen LogP contribution in [0.2, 0.25) is 0 Å². The molecule has 7 heteroatoms. The van der Waals surface area contributed by atoms with Crippen molar-refractivity contribution < 1.29 is 8.42 Å². The number of piperidine rings is 1. The molecule has 0 saturated carbocycles. The van der Waals surface area contributed by atoms with Crippen LogP contribution in [-0.4, -0.2) is 38.5 Å². The van der Waals surface area contributed by atoms with Gasteiger partial charge in [0, 0.05) is 18.6 Å². The first-order valence-corrected chi connectivity index (χ1v) is 8.91. The van der Waals surface area contributed by atoms with E-state index >= 15 is 0 Å². The van der Waals surface area contributed by atoms with Gasteiger partial charge < -0.3 is 16.0 Å². The third-order valence-electron chi connectivity index (χ3n) is 4.55. The number of primary sulfonamides is 1. The lowest BCUT2D eigenvalue weighted by molar-refractivity contribution is 0.188. The summed E-state index contributed by atoms with van der Waals surface area (Å²) in [6.45, 7) is 2.30. The molecule has 116 valence electrons.